The van der Waals surface area contributed by atoms with E-state index in [1.165, 1.54) is 11.3 Å². The van der Waals surface area contributed by atoms with Crippen molar-refractivity contribution in [3.8, 4) is 0 Å². The molecule has 1 saturated heterocycles. The number of hydrogen-bond donors (Lipinski definition) is 1. The summed E-state index contributed by atoms with van der Waals surface area (Å²) in [5, 5.41) is 3.12. The van der Waals surface area contributed by atoms with Gasteiger partial charge in [0.05, 0.1) is 3.79 Å². The molecule has 0 aromatic carbocycles. The van der Waals surface area contributed by atoms with Crippen LogP contribution in [0.1, 0.15) is 12.0 Å². The maximum absolute atomic E-state index is 12.3. The monoisotopic (exact) mass is 374 g/mol. The Morgan fingerprint density at radius 3 is 2.67 bits per heavy atom. The summed E-state index contributed by atoms with van der Waals surface area (Å²) < 4.78 is 27.6. The van der Waals surface area contributed by atoms with Gasteiger partial charge in [-0.1, -0.05) is 0 Å². The van der Waals surface area contributed by atoms with Gasteiger partial charge < -0.3 is 5.32 Å². The highest BCUT2D eigenvalue weighted by molar-refractivity contribution is 9.11. The number of likely N-dealkylation sites (N-methyl/N-ethyl adjacent to an activating group) is 1. The lowest BCUT2D eigenvalue weighted by Crippen LogP contribution is -2.33. The third-order valence-electron chi connectivity index (χ3n) is 2.99. The molecule has 4 nitrogen and oxygen atoms in total. The van der Waals surface area contributed by atoms with Crippen LogP contribution in [0.5, 0.6) is 0 Å². The third kappa shape index (κ3) is 3.08. The number of thiophene rings is 1. The van der Waals surface area contributed by atoms with Gasteiger partial charge in [0.2, 0.25) is 0 Å². The normalized spacial score (nSPS) is 20.9. The van der Waals surface area contributed by atoms with Crippen molar-refractivity contribution in [1.29, 1.82) is 0 Å². The van der Waals surface area contributed by atoms with Gasteiger partial charge in [-0.15, -0.1) is 23.7 Å². The molecule has 8 heteroatoms. The van der Waals surface area contributed by atoms with Gasteiger partial charge in [0.25, 0.3) is 10.0 Å². The van der Waals surface area contributed by atoms with Gasteiger partial charge in [-0.05, 0) is 48.0 Å². The first kappa shape index (κ1) is 16.4. The number of hydrogen-bond acceptors (Lipinski definition) is 4. The fourth-order valence-electron chi connectivity index (χ4n) is 1.87. The standard InChI is InChI=1S/C10H15BrN2O2S2.ClH/c1-7-5-9(16-10(7)11)17(14,15)13-4-3-8(6-13)12-2;/h5,8,12H,3-4,6H2,1-2H3;1H. The minimum atomic E-state index is -3.30. The van der Waals surface area contributed by atoms with Crippen LogP contribution in [0.3, 0.4) is 0 Å². The van der Waals surface area contributed by atoms with E-state index in [9.17, 15) is 8.42 Å². The summed E-state index contributed by atoms with van der Waals surface area (Å²) in [6.07, 6.45) is 0.876. The van der Waals surface area contributed by atoms with Crippen LogP contribution in [0.15, 0.2) is 14.1 Å². The van der Waals surface area contributed by atoms with Crippen molar-refractivity contribution >= 4 is 49.7 Å². The predicted molar refractivity (Wildman–Crippen MR) is 80.2 cm³/mol. The zero-order valence-corrected chi connectivity index (χ0v) is 14.2. The minimum Gasteiger partial charge on any atom is -0.316 e. The molecule has 0 amide bonds. The van der Waals surface area contributed by atoms with Gasteiger partial charge in [-0.3, -0.25) is 0 Å². The summed E-state index contributed by atoms with van der Waals surface area (Å²) in [6.45, 7) is 3.07. The van der Waals surface area contributed by atoms with E-state index >= 15 is 0 Å². The summed E-state index contributed by atoms with van der Waals surface area (Å²) in [7, 11) is -1.43. The molecule has 0 radical (unpaired) electrons. The zero-order chi connectivity index (χ0) is 12.6. The molecule has 18 heavy (non-hydrogen) atoms. The van der Waals surface area contributed by atoms with E-state index in [4.69, 9.17) is 0 Å². The molecule has 0 spiro atoms. The van der Waals surface area contributed by atoms with E-state index in [2.05, 4.69) is 21.2 Å². The van der Waals surface area contributed by atoms with Crippen molar-refractivity contribution in [3.63, 3.8) is 0 Å². The predicted octanol–water partition coefficient (Wildman–Crippen LogP) is 2.22. The highest BCUT2D eigenvalue weighted by atomic mass is 79.9. The summed E-state index contributed by atoms with van der Waals surface area (Å²) >= 11 is 4.65. The van der Waals surface area contributed by atoms with Gasteiger partial charge in [0.1, 0.15) is 4.21 Å². The first-order valence-corrected chi connectivity index (χ1v) is 8.43. The van der Waals surface area contributed by atoms with E-state index < -0.39 is 10.0 Å². The highest BCUT2D eigenvalue weighted by Crippen LogP contribution is 2.33. The molecule has 0 bridgehead atoms. The van der Waals surface area contributed by atoms with Crippen molar-refractivity contribution in [3.05, 3.63) is 15.4 Å². The van der Waals surface area contributed by atoms with Gasteiger partial charge in [0, 0.05) is 19.1 Å². The Balaban J connectivity index is 0.00000162. The average Bonchev–Trinajstić information content (AvgIpc) is 2.87. The first-order valence-electron chi connectivity index (χ1n) is 5.38. The molecule has 1 aromatic rings. The van der Waals surface area contributed by atoms with Crippen LogP contribution in [-0.4, -0.2) is 38.9 Å². The molecule has 1 aromatic heterocycles. The lowest BCUT2D eigenvalue weighted by Gasteiger charge is -2.14. The van der Waals surface area contributed by atoms with Crippen LogP contribution in [0.25, 0.3) is 0 Å². The number of nitrogens with one attached hydrogen (secondary N) is 1. The van der Waals surface area contributed by atoms with Crippen LogP contribution in [0.2, 0.25) is 0 Å². The Bertz CT molecular complexity index is 498. The Morgan fingerprint density at radius 2 is 2.22 bits per heavy atom. The SMILES string of the molecule is CNC1CCN(S(=O)(=O)c2cc(C)c(Br)s2)C1.Cl. The second-order valence-electron chi connectivity index (χ2n) is 4.16. The van der Waals surface area contributed by atoms with Crippen LogP contribution in [-0.2, 0) is 10.0 Å². The lowest BCUT2D eigenvalue weighted by molar-refractivity contribution is 0.466. The number of rotatable bonds is 3. The lowest BCUT2D eigenvalue weighted by atomic mass is 10.3. The second-order valence-corrected chi connectivity index (χ2v) is 8.69. The molecular weight excluding hydrogens is 360 g/mol. The topological polar surface area (TPSA) is 49.4 Å². The van der Waals surface area contributed by atoms with Crippen molar-refractivity contribution in [2.75, 3.05) is 20.1 Å². The maximum Gasteiger partial charge on any atom is 0.252 e. The van der Waals surface area contributed by atoms with Crippen LogP contribution in [0, 0.1) is 6.92 Å². The van der Waals surface area contributed by atoms with Gasteiger partial charge in [-0.2, -0.15) is 4.31 Å². The highest BCUT2D eigenvalue weighted by Gasteiger charge is 2.33. The molecule has 1 fully saturated rings. The van der Waals surface area contributed by atoms with E-state index in [1.54, 1.807) is 10.4 Å². The molecular formula is C10H16BrClN2O2S2. The van der Waals surface area contributed by atoms with E-state index in [0.717, 1.165) is 15.8 Å². The molecule has 1 atom stereocenters. The molecule has 1 N–H and O–H groups in total. The van der Waals surface area contributed by atoms with Gasteiger partial charge >= 0.3 is 0 Å². The Labute approximate surface area is 126 Å². The Hall–Kier alpha value is 0.340. The summed E-state index contributed by atoms with van der Waals surface area (Å²) in [5.74, 6) is 0. The molecule has 1 aliphatic heterocycles. The van der Waals surface area contributed by atoms with Crippen molar-refractivity contribution in [2.45, 2.75) is 23.6 Å². The summed E-state index contributed by atoms with van der Waals surface area (Å²) in [4.78, 5) is 0. The number of aryl methyl sites for hydroxylation is 1. The summed E-state index contributed by atoms with van der Waals surface area (Å²) in [5.41, 5.74) is 0.970. The second kappa shape index (κ2) is 6.19. The number of sulfonamides is 1. The van der Waals surface area contributed by atoms with Crippen LogP contribution in [0.4, 0.5) is 0 Å². The molecule has 2 heterocycles. The average molecular weight is 376 g/mol. The molecule has 104 valence electrons. The van der Waals surface area contributed by atoms with Crippen molar-refractivity contribution < 1.29 is 8.42 Å². The summed E-state index contributed by atoms with van der Waals surface area (Å²) in [6, 6.07) is 2.01. The largest absolute Gasteiger partial charge is 0.316 e. The zero-order valence-electron chi connectivity index (χ0n) is 10.1. The van der Waals surface area contributed by atoms with Crippen molar-refractivity contribution in [1.82, 2.24) is 9.62 Å². The van der Waals surface area contributed by atoms with Crippen LogP contribution >= 0.6 is 39.7 Å². The molecule has 0 aliphatic carbocycles. The fourth-order valence-corrected chi connectivity index (χ4v) is 5.75. The molecule has 1 aliphatic rings. The Kier molecular flexibility index (Phi) is 5.64. The fraction of sp³-hybridized carbons (Fsp3) is 0.600. The molecule has 0 saturated carbocycles. The van der Waals surface area contributed by atoms with Crippen molar-refractivity contribution in [2.24, 2.45) is 0 Å². The smallest absolute Gasteiger partial charge is 0.252 e. The Morgan fingerprint density at radius 1 is 1.56 bits per heavy atom. The first-order chi connectivity index (χ1) is 7.95. The molecule has 1 unspecified atom stereocenters. The van der Waals surface area contributed by atoms with Gasteiger partial charge in [0.15, 0.2) is 0 Å². The third-order valence-corrected chi connectivity index (χ3v) is 7.44. The van der Waals surface area contributed by atoms with Crippen LogP contribution < -0.4 is 5.32 Å². The number of nitrogens with zero attached hydrogens (tertiary/aromatic N) is 1. The molecule has 2 rings (SSSR count). The van der Waals surface area contributed by atoms with E-state index in [0.29, 0.717) is 17.3 Å². The maximum atomic E-state index is 12.3. The minimum absolute atomic E-state index is 0. The van der Waals surface area contributed by atoms with E-state index in [-0.39, 0.29) is 18.4 Å². The van der Waals surface area contributed by atoms with E-state index in [1.807, 2.05) is 14.0 Å². The quantitative estimate of drug-likeness (QED) is 0.881. The van der Waals surface area contributed by atoms with Gasteiger partial charge in [-0.25, -0.2) is 8.42 Å². The number of halogens is 2.